The number of Topliss-reactive ketones (excluding diaryl/α,β-unsaturated/α-hetero) is 1. The fourth-order valence-electron chi connectivity index (χ4n) is 12.4. The lowest BCUT2D eigenvalue weighted by atomic mass is 9.79. The molecule has 10 nitrogen and oxygen atoms in total. The third-order valence-corrected chi connectivity index (χ3v) is 23.0. The number of carbonyl (C=O) groups is 2. The molecule has 0 amide bonds. The largest absolute Gasteiger partial charge is 0.489 e. The van der Waals surface area contributed by atoms with Gasteiger partial charge in [0.25, 0.3) is 0 Å². The average molecular weight is 1760 g/mol. The van der Waals surface area contributed by atoms with Gasteiger partial charge < -0.3 is 43.8 Å². The van der Waals surface area contributed by atoms with Gasteiger partial charge in [0.15, 0.2) is 6.10 Å². The van der Waals surface area contributed by atoms with Gasteiger partial charge in [-0.2, -0.15) is 26.3 Å². The molecule has 0 saturated carbocycles. The van der Waals surface area contributed by atoms with Crippen molar-refractivity contribution in [3.8, 4) is 28.7 Å². The van der Waals surface area contributed by atoms with Crippen molar-refractivity contribution in [3.63, 3.8) is 0 Å². The van der Waals surface area contributed by atoms with Crippen LogP contribution in [0.2, 0.25) is 0 Å². The predicted octanol–water partition coefficient (Wildman–Crippen LogP) is 26.2. The molecule has 0 bridgehead atoms. The van der Waals surface area contributed by atoms with Crippen LogP contribution in [0.15, 0.2) is 267 Å². The van der Waals surface area contributed by atoms with Crippen molar-refractivity contribution < 1.29 is 74.9 Å². The standard InChI is InChI=1S/C20H23F3O2S.C20H21F3O2S.C19H24O2S.C19H22O2S.C18H21BrO2.CH4/c2*1-19(2,12-18(24)20(21,22)23)16-11-15(26-3)9-10-17(16)25-13-14-7-5-4-6-8-14;2*1-19(2,11-12-20)17-13-16(22-3)9-10-18(17)21-14-15-7-5-4-6-8-15;1-18(2,10-11-20)16-12-15(19)8-9-17(16)21-13-14-6-4-3-5-7-14;/h4-11,18,24H,12-13H2,1-3H3;4-11H,12-13H2,1-3H3;4-10,13,20H,11-12,14H2,1-3H3;4-10,12-13H,11,14H2,1-3H3;3-9,12,20H,10-11,13H2,1-2H3;1H4. The molecule has 0 radical (unpaired) electrons. The number of aliphatic hydroxyl groups is 3. The van der Waals surface area contributed by atoms with Gasteiger partial charge in [-0.15, -0.1) is 47.0 Å². The van der Waals surface area contributed by atoms with Gasteiger partial charge in [0.2, 0.25) is 5.78 Å². The predicted molar refractivity (Wildman–Crippen MR) is 479 cm³/mol. The molecule has 0 fully saturated rings. The summed E-state index contributed by atoms with van der Waals surface area (Å²) in [7, 11) is 0. The second-order valence-corrected chi connectivity index (χ2v) is 35.5. The molecule has 0 saturated heterocycles. The minimum Gasteiger partial charge on any atom is -0.489 e. The van der Waals surface area contributed by atoms with Crippen LogP contribution in [0.3, 0.4) is 0 Å². The Labute approximate surface area is 721 Å². The average Bonchev–Trinajstić information content (AvgIpc) is 0.809. The molecule has 0 heterocycles. The molecule has 1 atom stereocenters. The van der Waals surface area contributed by atoms with Crippen LogP contribution in [0.5, 0.6) is 28.7 Å². The Morgan fingerprint density at radius 3 is 0.890 bits per heavy atom. The zero-order chi connectivity index (χ0) is 86.0. The number of ketones is 1. The number of alkyl halides is 6. The van der Waals surface area contributed by atoms with Crippen molar-refractivity contribution in [2.24, 2.45) is 0 Å². The van der Waals surface area contributed by atoms with Crippen molar-refractivity contribution in [2.45, 2.75) is 207 Å². The number of hydrogen-bond donors (Lipinski definition) is 3. The van der Waals surface area contributed by atoms with E-state index in [1.807, 2.05) is 182 Å². The molecular formula is C97H115BrF6O10S4. The number of ether oxygens (including phenoxy) is 5. The van der Waals surface area contributed by atoms with Crippen LogP contribution in [-0.4, -0.2) is 84.1 Å². The van der Waals surface area contributed by atoms with Crippen LogP contribution in [-0.2, 0) is 69.7 Å². The fraction of sp³-hybridized carbons (Fsp3) is 0.361. The number of halogens is 7. The number of benzene rings is 10. The zero-order valence-electron chi connectivity index (χ0n) is 69.2. The first-order chi connectivity index (χ1) is 55.4. The fourth-order valence-corrected chi connectivity index (χ4v) is 14.6. The van der Waals surface area contributed by atoms with Gasteiger partial charge in [-0.3, -0.25) is 4.79 Å². The Bertz CT molecular complexity index is 4630. The number of aliphatic hydroxyl groups excluding tert-OH is 3. The molecule has 10 rings (SSSR count). The maximum Gasteiger partial charge on any atom is 0.450 e. The highest BCUT2D eigenvalue weighted by Gasteiger charge is 2.44. The van der Waals surface area contributed by atoms with Crippen molar-refractivity contribution in [1.29, 1.82) is 0 Å². The molecule has 0 spiro atoms. The smallest absolute Gasteiger partial charge is 0.450 e. The number of rotatable bonds is 34. The van der Waals surface area contributed by atoms with E-state index in [9.17, 15) is 51.3 Å². The Kier molecular flexibility index (Phi) is 41.2. The summed E-state index contributed by atoms with van der Waals surface area (Å²) >= 11 is 9.93. The highest BCUT2D eigenvalue weighted by Crippen LogP contribution is 2.44. The molecule has 636 valence electrons. The van der Waals surface area contributed by atoms with Crippen molar-refractivity contribution >= 4 is 75.0 Å². The van der Waals surface area contributed by atoms with Gasteiger partial charge in [0.1, 0.15) is 68.1 Å². The van der Waals surface area contributed by atoms with E-state index in [1.165, 1.54) is 33.3 Å². The van der Waals surface area contributed by atoms with Gasteiger partial charge in [0.05, 0.1) is 0 Å². The summed E-state index contributed by atoms with van der Waals surface area (Å²) in [5, 5.41) is 28.2. The van der Waals surface area contributed by atoms with Gasteiger partial charge in [-0.05, 0) is 185 Å². The second kappa shape index (κ2) is 48.4. The molecule has 0 aliphatic rings. The minimum atomic E-state index is -4.83. The Hall–Kier alpha value is -8.12. The van der Waals surface area contributed by atoms with E-state index < -0.39 is 47.9 Å². The van der Waals surface area contributed by atoms with E-state index in [0.717, 1.165) is 82.3 Å². The van der Waals surface area contributed by atoms with Crippen LogP contribution in [0, 0.1) is 0 Å². The summed E-state index contributed by atoms with van der Waals surface area (Å²) in [5.41, 5.74) is 7.56. The van der Waals surface area contributed by atoms with Crippen molar-refractivity contribution in [3.05, 3.63) is 303 Å². The molecule has 1 unspecified atom stereocenters. The lowest BCUT2D eigenvalue weighted by Gasteiger charge is -2.31. The Morgan fingerprint density at radius 1 is 0.381 bits per heavy atom. The van der Waals surface area contributed by atoms with E-state index in [1.54, 1.807) is 69.4 Å². The highest BCUT2D eigenvalue weighted by molar-refractivity contribution is 9.10. The Morgan fingerprint density at radius 2 is 0.636 bits per heavy atom. The minimum absolute atomic E-state index is 0. The number of carbonyl (C=O) groups excluding carboxylic acids is 2. The summed E-state index contributed by atoms with van der Waals surface area (Å²) in [6.45, 7) is 22.0. The zero-order valence-corrected chi connectivity index (χ0v) is 74.1. The van der Waals surface area contributed by atoms with Crippen molar-refractivity contribution in [1.82, 2.24) is 0 Å². The molecule has 21 heteroatoms. The first kappa shape index (κ1) is 100. The van der Waals surface area contributed by atoms with Crippen LogP contribution in [0.4, 0.5) is 26.3 Å². The van der Waals surface area contributed by atoms with E-state index in [2.05, 4.69) is 125 Å². The SMILES string of the molecule is C.CC(C)(CCO)c1cc(Br)ccc1OCc1ccccc1.CSc1ccc(OCc2ccccc2)c(C(C)(C)CC(=O)C(F)(F)F)c1.CSc1ccc(OCc2ccccc2)c(C(C)(C)CC(O)C(F)(F)F)c1.CSc1ccc(OCc2ccccc2)c(C(C)(C)CC=O)c1.CSc1ccc(OCc2ccccc2)c(C(C)(C)CCO)c1. The van der Waals surface area contributed by atoms with E-state index in [0.29, 0.717) is 74.9 Å². The quantitative estimate of drug-likeness (QED) is 0.0200. The lowest BCUT2D eigenvalue weighted by molar-refractivity contribution is -0.209. The van der Waals surface area contributed by atoms with Gasteiger partial charge in [-0.1, -0.05) is 244 Å². The second-order valence-electron chi connectivity index (χ2n) is 31.1. The highest BCUT2D eigenvalue weighted by atomic mass is 79.9. The molecule has 0 aliphatic heterocycles. The molecule has 10 aromatic carbocycles. The number of hydrogen-bond acceptors (Lipinski definition) is 14. The van der Waals surface area contributed by atoms with Crippen LogP contribution in [0.25, 0.3) is 0 Å². The van der Waals surface area contributed by atoms with Crippen LogP contribution < -0.4 is 23.7 Å². The third kappa shape index (κ3) is 32.8. The molecule has 118 heavy (non-hydrogen) atoms. The van der Waals surface area contributed by atoms with Gasteiger partial charge in [0, 0.05) is 83.3 Å². The van der Waals surface area contributed by atoms with E-state index in [-0.39, 0.29) is 36.9 Å². The lowest BCUT2D eigenvalue weighted by Crippen LogP contribution is -2.35. The van der Waals surface area contributed by atoms with E-state index in [4.69, 9.17) is 23.7 Å². The van der Waals surface area contributed by atoms with E-state index >= 15 is 0 Å². The maximum atomic E-state index is 12.8. The summed E-state index contributed by atoms with van der Waals surface area (Å²) < 4.78 is 108. The molecule has 0 aliphatic carbocycles. The summed E-state index contributed by atoms with van der Waals surface area (Å²) in [4.78, 5) is 26.8. The third-order valence-electron chi connectivity index (χ3n) is 19.6. The number of aldehydes is 1. The molecule has 0 aromatic heterocycles. The summed E-state index contributed by atoms with van der Waals surface area (Å²) in [5.74, 6) is 1.93. The van der Waals surface area contributed by atoms with Gasteiger partial charge >= 0.3 is 12.4 Å². The maximum absolute atomic E-state index is 12.8. The summed E-state index contributed by atoms with van der Waals surface area (Å²) in [6.07, 6.45) is -2.13. The number of thioether (sulfide) groups is 4. The molecule has 10 aromatic rings. The molecule has 3 N–H and O–H groups in total. The summed E-state index contributed by atoms with van der Waals surface area (Å²) in [6, 6.07) is 79.0. The van der Waals surface area contributed by atoms with Crippen molar-refractivity contribution in [2.75, 3.05) is 38.2 Å². The first-order valence-electron chi connectivity index (χ1n) is 38.3. The molecular weight excluding hydrogens is 1650 g/mol. The van der Waals surface area contributed by atoms with Crippen LogP contribution in [0.1, 0.15) is 164 Å². The van der Waals surface area contributed by atoms with Gasteiger partial charge in [-0.25, -0.2) is 0 Å². The van der Waals surface area contributed by atoms with Crippen LogP contribution >= 0.6 is 63.0 Å². The first-order valence-corrected chi connectivity index (χ1v) is 44.0. The monoisotopic (exact) mass is 1760 g/mol. The Balaban J connectivity index is 0.000000263. The normalized spacial score (nSPS) is 11.9. The topological polar surface area (TPSA) is 141 Å².